The van der Waals surface area contributed by atoms with E-state index in [1.165, 1.54) is 11.1 Å². The molecule has 0 saturated heterocycles. The molecule has 2 aromatic heterocycles. The molecule has 0 spiro atoms. The molecule has 1 aromatic carbocycles. The van der Waals surface area contributed by atoms with Gasteiger partial charge in [-0.15, -0.1) is 5.10 Å². The molecule has 3 N–H and O–H groups in total. The lowest BCUT2D eigenvalue weighted by molar-refractivity contribution is 0.0952. The third-order valence-corrected chi connectivity index (χ3v) is 4.91. The maximum Gasteiger partial charge on any atom is 0.254 e. The molecular weight excluding hydrogens is 354 g/mol. The monoisotopic (exact) mass is 377 g/mol. The molecule has 3 aromatic rings. The zero-order chi connectivity index (χ0) is 19.2. The van der Waals surface area contributed by atoms with E-state index in [1.54, 1.807) is 18.6 Å². The number of anilines is 1. The predicted octanol–water partition coefficient (Wildman–Crippen LogP) is 1.93. The van der Waals surface area contributed by atoms with Crippen molar-refractivity contribution in [1.82, 2.24) is 30.7 Å². The molecule has 0 fully saturated rings. The third-order valence-electron chi connectivity index (χ3n) is 4.91. The smallest absolute Gasteiger partial charge is 0.254 e. The number of amides is 1. The van der Waals surface area contributed by atoms with E-state index < -0.39 is 0 Å². The fourth-order valence-electron chi connectivity index (χ4n) is 3.45. The summed E-state index contributed by atoms with van der Waals surface area (Å²) in [4.78, 5) is 20.8. The molecule has 0 atom stereocenters. The van der Waals surface area contributed by atoms with Gasteiger partial charge in [-0.05, 0) is 43.2 Å². The van der Waals surface area contributed by atoms with Crippen LogP contribution in [0.5, 0.6) is 0 Å². The number of aryl methyl sites for hydroxylation is 1. The molecule has 0 radical (unpaired) electrons. The van der Waals surface area contributed by atoms with E-state index in [0.29, 0.717) is 24.1 Å². The van der Waals surface area contributed by atoms with Crippen molar-refractivity contribution in [3.05, 3.63) is 65.2 Å². The topological polar surface area (TPSA) is 108 Å². The first-order valence-corrected chi connectivity index (χ1v) is 9.57. The zero-order valence-corrected chi connectivity index (χ0v) is 15.6. The highest BCUT2D eigenvalue weighted by Crippen LogP contribution is 2.23. The third kappa shape index (κ3) is 4.51. The highest BCUT2D eigenvalue weighted by Gasteiger charge is 2.21. The summed E-state index contributed by atoms with van der Waals surface area (Å²) in [7, 11) is 0. The minimum Gasteiger partial charge on any atom is -0.352 e. The van der Waals surface area contributed by atoms with Crippen molar-refractivity contribution in [1.29, 1.82) is 0 Å². The number of nitrogens with one attached hydrogen (secondary N) is 3. The SMILES string of the molecule is O=C(NCCCCc1c[nH]nn1)c1cnc(NC2Cc3ccccc3C2)nc1. The Morgan fingerprint density at radius 3 is 2.54 bits per heavy atom. The molecule has 8 heteroatoms. The van der Waals surface area contributed by atoms with Crippen molar-refractivity contribution in [2.45, 2.75) is 38.1 Å². The maximum absolute atomic E-state index is 12.2. The predicted molar refractivity (Wildman–Crippen MR) is 105 cm³/mol. The van der Waals surface area contributed by atoms with Gasteiger partial charge in [-0.1, -0.05) is 29.5 Å². The van der Waals surface area contributed by atoms with Gasteiger partial charge in [0.15, 0.2) is 0 Å². The largest absolute Gasteiger partial charge is 0.352 e. The van der Waals surface area contributed by atoms with Gasteiger partial charge in [0, 0.05) is 31.2 Å². The van der Waals surface area contributed by atoms with E-state index in [4.69, 9.17) is 0 Å². The summed E-state index contributed by atoms with van der Waals surface area (Å²) in [5.74, 6) is 0.406. The number of benzene rings is 1. The molecule has 0 saturated carbocycles. The minimum absolute atomic E-state index is 0.152. The van der Waals surface area contributed by atoms with Gasteiger partial charge < -0.3 is 10.6 Å². The summed E-state index contributed by atoms with van der Waals surface area (Å²) in [6.45, 7) is 0.608. The fourth-order valence-corrected chi connectivity index (χ4v) is 3.45. The number of aromatic nitrogens is 5. The zero-order valence-electron chi connectivity index (χ0n) is 15.6. The highest BCUT2D eigenvalue weighted by molar-refractivity contribution is 5.93. The van der Waals surface area contributed by atoms with E-state index in [1.807, 2.05) is 0 Å². The van der Waals surface area contributed by atoms with Crippen LogP contribution < -0.4 is 10.6 Å². The Balaban J connectivity index is 1.20. The molecule has 1 amide bonds. The van der Waals surface area contributed by atoms with Crippen LogP contribution in [0.4, 0.5) is 5.95 Å². The van der Waals surface area contributed by atoms with Gasteiger partial charge in [0.25, 0.3) is 5.91 Å². The molecule has 2 heterocycles. The van der Waals surface area contributed by atoms with Gasteiger partial charge in [-0.2, -0.15) is 0 Å². The van der Waals surface area contributed by atoms with Gasteiger partial charge in [-0.3, -0.25) is 9.89 Å². The Morgan fingerprint density at radius 2 is 1.86 bits per heavy atom. The van der Waals surface area contributed by atoms with Gasteiger partial charge in [-0.25, -0.2) is 9.97 Å². The van der Waals surface area contributed by atoms with Gasteiger partial charge >= 0.3 is 0 Å². The number of rotatable bonds is 8. The Kier molecular flexibility index (Phi) is 5.56. The summed E-state index contributed by atoms with van der Waals surface area (Å²) in [5, 5.41) is 16.6. The molecule has 8 nitrogen and oxygen atoms in total. The molecular formula is C20H23N7O. The average Bonchev–Trinajstić information content (AvgIpc) is 3.37. The van der Waals surface area contributed by atoms with E-state index in [-0.39, 0.29) is 5.91 Å². The summed E-state index contributed by atoms with van der Waals surface area (Å²) < 4.78 is 0. The summed E-state index contributed by atoms with van der Waals surface area (Å²) in [6, 6.07) is 8.76. The normalized spacial score (nSPS) is 13.3. The molecule has 144 valence electrons. The summed E-state index contributed by atoms with van der Waals surface area (Å²) >= 11 is 0. The number of carbonyl (C=O) groups excluding carboxylic acids is 1. The van der Waals surface area contributed by atoms with Crippen molar-refractivity contribution in [3.63, 3.8) is 0 Å². The van der Waals surface area contributed by atoms with Crippen molar-refractivity contribution < 1.29 is 4.79 Å². The van der Waals surface area contributed by atoms with Crippen LogP contribution in [0.15, 0.2) is 42.9 Å². The van der Waals surface area contributed by atoms with Crippen molar-refractivity contribution in [2.75, 3.05) is 11.9 Å². The number of hydrogen-bond donors (Lipinski definition) is 3. The first kappa shape index (κ1) is 18.1. The Morgan fingerprint density at radius 1 is 1.11 bits per heavy atom. The fraction of sp³-hybridized carbons (Fsp3) is 0.350. The Hall–Kier alpha value is -3.29. The van der Waals surface area contributed by atoms with E-state index in [2.05, 4.69) is 60.3 Å². The van der Waals surface area contributed by atoms with Crippen LogP contribution in [0.2, 0.25) is 0 Å². The number of nitrogens with zero attached hydrogens (tertiary/aromatic N) is 4. The van der Waals surface area contributed by atoms with Crippen LogP contribution in [0.1, 0.15) is 40.0 Å². The molecule has 28 heavy (non-hydrogen) atoms. The maximum atomic E-state index is 12.2. The quantitative estimate of drug-likeness (QED) is 0.518. The lowest BCUT2D eigenvalue weighted by Gasteiger charge is -2.12. The second kappa shape index (κ2) is 8.60. The minimum atomic E-state index is -0.152. The number of H-pyrrole nitrogens is 1. The second-order valence-corrected chi connectivity index (χ2v) is 6.99. The van der Waals surface area contributed by atoms with Gasteiger partial charge in [0.1, 0.15) is 0 Å². The molecule has 1 aliphatic carbocycles. The lowest BCUT2D eigenvalue weighted by Crippen LogP contribution is -2.25. The number of aromatic amines is 1. The molecule has 0 unspecified atom stereocenters. The van der Waals surface area contributed by atoms with Crippen molar-refractivity contribution in [2.24, 2.45) is 0 Å². The van der Waals surface area contributed by atoms with E-state index in [0.717, 1.165) is 37.8 Å². The number of fused-ring (bicyclic) bond motifs is 1. The average molecular weight is 377 g/mol. The standard InChI is InChI=1S/C20H23N7O/c28-19(21-8-4-3-7-17-13-24-27-26-17)16-11-22-20(23-12-16)25-18-9-14-5-1-2-6-15(14)10-18/h1-2,5-6,11-13,18H,3-4,7-10H2,(H,21,28)(H,22,23,25)(H,24,26,27). The van der Waals surface area contributed by atoms with Crippen molar-refractivity contribution >= 4 is 11.9 Å². The molecule has 4 rings (SSSR count). The van der Waals surface area contributed by atoms with Gasteiger partial charge in [0.2, 0.25) is 5.95 Å². The molecule has 1 aliphatic rings. The Bertz CT molecular complexity index is 884. The van der Waals surface area contributed by atoms with Crippen LogP contribution in [0.25, 0.3) is 0 Å². The highest BCUT2D eigenvalue weighted by atomic mass is 16.1. The molecule has 0 aliphatic heterocycles. The summed E-state index contributed by atoms with van der Waals surface area (Å²) in [6.07, 6.45) is 9.53. The number of hydrogen-bond acceptors (Lipinski definition) is 6. The first-order valence-electron chi connectivity index (χ1n) is 9.57. The van der Waals surface area contributed by atoms with Crippen LogP contribution >= 0.6 is 0 Å². The van der Waals surface area contributed by atoms with Gasteiger partial charge in [0.05, 0.1) is 11.3 Å². The van der Waals surface area contributed by atoms with Crippen LogP contribution in [0.3, 0.4) is 0 Å². The van der Waals surface area contributed by atoms with E-state index in [9.17, 15) is 4.79 Å². The lowest BCUT2D eigenvalue weighted by atomic mass is 10.1. The summed E-state index contributed by atoms with van der Waals surface area (Å²) in [5.41, 5.74) is 4.16. The Labute approximate surface area is 163 Å². The van der Waals surface area contributed by atoms with Crippen LogP contribution in [-0.4, -0.2) is 43.9 Å². The van der Waals surface area contributed by atoms with Crippen molar-refractivity contribution in [3.8, 4) is 0 Å². The van der Waals surface area contributed by atoms with E-state index >= 15 is 0 Å². The molecule has 0 bridgehead atoms. The second-order valence-electron chi connectivity index (χ2n) is 6.99. The number of unbranched alkanes of at least 4 members (excludes halogenated alkanes) is 1. The van der Waals surface area contributed by atoms with Crippen LogP contribution in [0, 0.1) is 0 Å². The van der Waals surface area contributed by atoms with Crippen LogP contribution in [-0.2, 0) is 19.3 Å². The first-order chi connectivity index (χ1) is 13.8. The number of carbonyl (C=O) groups is 1.